The zero-order valence-electron chi connectivity index (χ0n) is 10.6. The van der Waals surface area contributed by atoms with Gasteiger partial charge in [-0.2, -0.15) is 0 Å². The van der Waals surface area contributed by atoms with Gasteiger partial charge in [-0.3, -0.25) is 0 Å². The fraction of sp³-hybridized carbons (Fsp3) is 0.333. The van der Waals surface area contributed by atoms with Crippen molar-refractivity contribution in [2.24, 2.45) is 0 Å². The SMILES string of the molecule is CCc1ccc(CC)c(C(O)c2ccc(Cl)s2)c1. The Balaban J connectivity index is 2.41. The molecule has 0 aliphatic rings. The van der Waals surface area contributed by atoms with Gasteiger partial charge in [-0.05, 0) is 41.7 Å². The van der Waals surface area contributed by atoms with Crippen molar-refractivity contribution in [3.63, 3.8) is 0 Å². The quantitative estimate of drug-likeness (QED) is 0.867. The maximum atomic E-state index is 10.5. The summed E-state index contributed by atoms with van der Waals surface area (Å²) < 4.78 is 0.716. The Morgan fingerprint density at radius 1 is 1.17 bits per heavy atom. The summed E-state index contributed by atoms with van der Waals surface area (Å²) in [6.45, 7) is 4.23. The molecule has 96 valence electrons. The third-order valence-corrected chi connectivity index (χ3v) is 4.44. The van der Waals surface area contributed by atoms with Crippen LogP contribution in [0.4, 0.5) is 0 Å². The Morgan fingerprint density at radius 2 is 1.94 bits per heavy atom. The summed E-state index contributed by atoms with van der Waals surface area (Å²) in [5.74, 6) is 0. The molecule has 0 saturated carbocycles. The van der Waals surface area contributed by atoms with Crippen LogP contribution in [0.1, 0.15) is 41.5 Å². The summed E-state index contributed by atoms with van der Waals surface area (Å²) >= 11 is 7.37. The minimum atomic E-state index is -0.566. The van der Waals surface area contributed by atoms with Crippen LogP contribution in [0, 0.1) is 0 Å². The number of aryl methyl sites for hydroxylation is 2. The lowest BCUT2D eigenvalue weighted by Gasteiger charge is -2.15. The maximum absolute atomic E-state index is 10.5. The maximum Gasteiger partial charge on any atom is 0.114 e. The van der Waals surface area contributed by atoms with E-state index in [9.17, 15) is 5.11 Å². The normalized spacial score (nSPS) is 12.7. The molecule has 1 nitrogen and oxygen atoms in total. The van der Waals surface area contributed by atoms with Crippen molar-refractivity contribution >= 4 is 22.9 Å². The molecule has 2 rings (SSSR count). The Morgan fingerprint density at radius 3 is 2.50 bits per heavy atom. The second-order valence-electron chi connectivity index (χ2n) is 4.28. The van der Waals surface area contributed by atoms with Crippen LogP contribution in [0.15, 0.2) is 30.3 Å². The smallest absolute Gasteiger partial charge is 0.114 e. The van der Waals surface area contributed by atoms with E-state index < -0.39 is 6.10 Å². The number of benzene rings is 1. The highest BCUT2D eigenvalue weighted by molar-refractivity contribution is 7.16. The largest absolute Gasteiger partial charge is 0.383 e. The lowest BCUT2D eigenvalue weighted by Crippen LogP contribution is -2.03. The van der Waals surface area contributed by atoms with Crippen LogP contribution >= 0.6 is 22.9 Å². The minimum Gasteiger partial charge on any atom is -0.383 e. The average molecular weight is 281 g/mol. The van der Waals surface area contributed by atoms with E-state index >= 15 is 0 Å². The third-order valence-electron chi connectivity index (χ3n) is 3.16. The van der Waals surface area contributed by atoms with Crippen LogP contribution in [0.25, 0.3) is 0 Å². The van der Waals surface area contributed by atoms with Crippen LogP contribution in [-0.4, -0.2) is 5.11 Å². The van der Waals surface area contributed by atoms with Gasteiger partial charge in [0.15, 0.2) is 0 Å². The van der Waals surface area contributed by atoms with E-state index in [4.69, 9.17) is 11.6 Å². The van der Waals surface area contributed by atoms with Gasteiger partial charge >= 0.3 is 0 Å². The molecule has 3 heteroatoms. The first kappa shape index (κ1) is 13.6. The Hall–Kier alpha value is -0.830. The van der Waals surface area contributed by atoms with E-state index in [-0.39, 0.29) is 0 Å². The Bertz CT molecular complexity index is 533. The van der Waals surface area contributed by atoms with Gasteiger partial charge in [0.2, 0.25) is 0 Å². The van der Waals surface area contributed by atoms with Crippen LogP contribution < -0.4 is 0 Å². The van der Waals surface area contributed by atoms with Crippen LogP contribution in [0.3, 0.4) is 0 Å². The Kier molecular flexibility index (Phi) is 4.44. The number of hydrogen-bond donors (Lipinski definition) is 1. The molecule has 0 bridgehead atoms. The van der Waals surface area contributed by atoms with Crippen molar-refractivity contribution in [1.29, 1.82) is 0 Å². The minimum absolute atomic E-state index is 0.566. The first-order valence-electron chi connectivity index (χ1n) is 6.20. The average Bonchev–Trinajstić information content (AvgIpc) is 2.83. The van der Waals surface area contributed by atoms with E-state index in [2.05, 4.69) is 32.0 Å². The Labute approximate surface area is 117 Å². The molecule has 1 heterocycles. The zero-order chi connectivity index (χ0) is 13.1. The highest BCUT2D eigenvalue weighted by Crippen LogP contribution is 2.33. The van der Waals surface area contributed by atoms with Crippen molar-refractivity contribution in [1.82, 2.24) is 0 Å². The van der Waals surface area contributed by atoms with Crippen LogP contribution in [0.2, 0.25) is 4.34 Å². The second kappa shape index (κ2) is 5.87. The van der Waals surface area contributed by atoms with E-state index in [1.807, 2.05) is 12.1 Å². The van der Waals surface area contributed by atoms with Crippen LogP contribution in [0.5, 0.6) is 0 Å². The summed E-state index contributed by atoms with van der Waals surface area (Å²) in [7, 11) is 0. The zero-order valence-corrected chi connectivity index (χ0v) is 12.2. The molecule has 0 amide bonds. The molecule has 0 aliphatic carbocycles. The second-order valence-corrected chi connectivity index (χ2v) is 6.03. The van der Waals surface area contributed by atoms with Crippen molar-refractivity contribution < 1.29 is 5.11 Å². The van der Waals surface area contributed by atoms with Crippen molar-refractivity contribution in [2.45, 2.75) is 32.8 Å². The summed E-state index contributed by atoms with van der Waals surface area (Å²) in [6.07, 6.45) is 1.34. The molecule has 0 spiro atoms. The van der Waals surface area contributed by atoms with Crippen molar-refractivity contribution in [3.05, 3.63) is 56.2 Å². The molecule has 1 N–H and O–H groups in total. The van der Waals surface area contributed by atoms with E-state index in [1.165, 1.54) is 22.5 Å². The topological polar surface area (TPSA) is 20.2 Å². The van der Waals surface area contributed by atoms with Gasteiger partial charge in [0.25, 0.3) is 0 Å². The highest BCUT2D eigenvalue weighted by atomic mass is 35.5. The molecule has 0 saturated heterocycles. The molecule has 2 aromatic rings. The van der Waals surface area contributed by atoms with Crippen molar-refractivity contribution in [3.8, 4) is 0 Å². The summed E-state index contributed by atoms with van der Waals surface area (Å²) in [5.41, 5.74) is 3.46. The lowest BCUT2D eigenvalue weighted by atomic mass is 9.96. The van der Waals surface area contributed by atoms with Gasteiger partial charge in [-0.1, -0.05) is 43.6 Å². The molecule has 0 radical (unpaired) electrons. The van der Waals surface area contributed by atoms with E-state index in [0.717, 1.165) is 23.3 Å². The molecule has 0 aliphatic heterocycles. The fourth-order valence-corrected chi connectivity index (χ4v) is 3.14. The summed E-state index contributed by atoms with van der Waals surface area (Å²) in [5, 5.41) is 10.5. The number of halogens is 1. The summed E-state index contributed by atoms with van der Waals surface area (Å²) in [6, 6.07) is 10.1. The number of thiophene rings is 1. The molecular formula is C15H17ClOS. The number of aliphatic hydroxyl groups excluding tert-OH is 1. The predicted octanol–water partition coefficient (Wildman–Crippen LogP) is 4.61. The first-order valence-corrected chi connectivity index (χ1v) is 7.40. The highest BCUT2D eigenvalue weighted by Gasteiger charge is 2.16. The number of rotatable bonds is 4. The summed E-state index contributed by atoms with van der Waals surface area (Å²) in [4.78, 5) is 0.906. The molecular weight excluding hydrogens is 264 g/mol. The van der Waals surface area contributed by atoms with Gasteiger partial charge in [-0.15, -0.1) is 11.3 Å². The first-order chi connectivity index (χ1) is 8.65. The molecule has 0 fully saturated rings. The molecule has 18 heavy (non-hydrogen) atoms. The van der Waals surface area contributed by atoms with Crippen LogP contribution in [-0.2, 0) is 12.8 Å². The molecule has 1 aromatic heterocycles. The molecule has 1 atom stereocenters. The van der Waals surface area contributed by atoms with Gasteiger partial charge in [0, 0.05) is 4.88 Å². The van der Waals surface area contributed by atoms with Gasteiger partial charge in [-0.25, -0.2) is 0 Å². The van der Waals surface area contributed by atoms with Gasteiger partial charge in [0.1, 0.15) is 6.10 Å². The van der Waals surface area contributed by atoms with E-state index in [1.54, 1.807) is 0 Å². The van der Waals surface area contributed by atoms with Crippen molar-refractivity contribution in [2.75, 3.05) is 0 Å². The molecule has 1 aromatic carbocycles. The molecule has 1 unspecified atom stereocenters. The third kappa shape index (κ3) is 2.77. The number of hydrogen-bond acceptors (Lipinski definition) is 2. The standard InChI is InChI=1S/C15H17ClOS/c1-3-10-5-6-11(4-2)12(9-10)15(17)13-7-8-14(16)18-13/h5-9,15,17H,3-4H2,1-2H3. The van der Waals surface area contributed by atoms with E-state index in [0.29, 0.717) is 4.34 Å². The fourth-order valence-electron chi connectivity index (χ4n) is 2.07. The number of aliphatic hydroxyl groups is 1. The lowest BCUT2D eigenvalue weighted by molar-refractivity contribution is 0.223. The predicted molar refractivity (Wildman–Crippen MR) is 78.6 cm³/mol. The van der Waals surface area contributed by atoms with Gasteiger partial charge in [0.05, 0.1) is 4.34 Å². The monoisotopic (exact) mass is 280 g/mol. The van der Waals surface area contributed by atoms with Gasteiger partial charge < -0.3 is 5.11 Å².